The number of piperidine rings is 1. The Morgan fingerprint density at radius 2 is 2.33 bits per heavy atom. The van der Waals surface area contributed by atoms with Gasteiger partial charge in [0.25, 0.3) is 0 Å². The maximum Gasteiger partial charge on any atom is 0.224 e. The van der Waals surface area contributed by atoms with E-state index in [9.17, 15) is 9.18 Å². The van der Waals surface area contributed by atoms with E-state index >= 15 is 0 Å². The van der Waals surface area contributed by atoms with Crippen LogP contribution in [-0.2, 0) is 11.3 Å². The van der Waals surface area contributed by atoms with Crippen LogP contribution in [0.3, 0.4) is 0 Å². The second-order valence-corrected chi connectivity index (χ2v) is 5.74. The highest BCUT2D eigenvalue weighted by atomic mass is 35.5. The molecule has 1 unspecified atom stereocenters. The smallest absolute Gasteiger partial charge is 0.224 e. The van der Waals surface area contributed by atoms with Crippen LogP contribution in [0.5, 0.6) is 0 Å². The SMILES string of the molecule is NCCNC(=O)C1CCCN(Cc2cccc(F)c2Cl)C1. The summed E-state index contributed by atoms with van der Waals surface area (Å²) in [5, 5.41) is 3.00. The van der Waals surface area contributed by atoms with Crippen molar-refractivity contribution >= 4 is 17.5 Å². The molecule has 6 heteroatoms. The summed E-state index contributed by atoms with van der Waals surface area (Å²) in [5.74, 6) is -0.378. The summed E-state index contributed by atoms with van der Waals surface area (Å²) < 4.78 is 13.5. The summed E-state index contributed by atoms with van der Waals surface area (Å²) in [7, 11) is 0. The van der Waals surface area contributed by atoms with Gasteiger partial charge in [-0.25, -0.2) is 4.39 Å². The molecule has 0 radical (unpaired) electrons. The van der Waals surface area contributed by atoms with E-state index in [0.29, 0.717) is 26.2 Å². The molecule has 0 aromatic heterocycles. The van der Waals surface area contributed by atoms with Crippen LogP contribution in [0.25, 0.3) is 0 Å². The minimum Gasteiger partial charge on any atom is -0.355 e. The van der Waals surface area contributed by atoms with E-state index in [2.05, 4.69) is 10.2 Å². The van der Waals surface area contributed by atoms with Gasteiger partial charge in [-0.3, -0.25) is 9.69 Å². The monoisotopic (exact) mass is 313 g/mol. The van der Waals surface area contributed by atoms with E-state index in [1.54, 1.807) is 6.07 Å². The number of rotatable bonds is 5. The van der Waals surface area contributed by atoms with Crippen molar-refractivity contribution in [3.05, 3.63) is 34.6 Å². The highest BCUT2D eigenvalue weighted by Crippen LogP contribution is 2.24. The van der Waals surface area contributed by atoms with Crippen LogP contribution >= 0.6 is 11.6 Å². The highest BCUT2D eigenvalue weighted by Gasteiger charge is 2.25. The minimum atomic E-state index is -0.400. The van der Waals surface area contributed by atoms with E-state index < -0.39 is 5.82 Å². The van der Waals surface area contributed by atoms with E-state index in [4.69, 9.17) is 17.3 Å². The van der Waals surface area contributed by atoms with Gasteiger partial charge < -0.3 is 11.1 Å². The molecule has 1 fully saturated rings. The first kappa shape index (κ1) is 16.2. The number of nitrogens with zero attached hydrogens (tertiary/aromatic N) is 1. The van der Waals surface area contributed by atoms with Gasteiger partial charge in [0.1, 0.15) is 5.82 Å². The molecule has 1 atom stereocenters. The maximum atomic E-state index is 13.5. The van der Waals surface area contributed by atoms with Crippen LogP contribution in [0.1, 0.15) is 18.4 Å². The molecule has 1 heterocycles. The van der Waals surface area contributed by atoms with Crippen molar-refractivity contribution in [1.82, 2.24) is 10.2 Å². The number of halogens is 2. The fourth-order valence-corrected chi connectivity index (χ4v) is 2.85. The van der Waals surface area contributed by atoms with Crippen molar-refractivity contribution in [2.45, 2.75) is 19.4 Å². The average Bonchev–Trinajstić information content (AvgIpc) is 2.50. The second kappa shape index (κ2) is 7.73. The Kier molecular flexibility index (Phi) is 5.96. The van der Waals surface area contributed by atoms with Gasteiger partial charge >= 0.3 is 0 Å². The lowest BCUT2D eigenvalue weighted by molar-refractivity contribution is -0.126. The van der Waals surface area contributed by atoms with Gasteiger partial charge in [0, 0.05) is 26.2 Å². The Morgan fingerprint density at radius 3 is 3.10 bits per heavy atom. The minimum absolute atomic E-state index is 0.0300. The van der Waals surface area contributed by atoms with Crippen LogP contribution < -0.4 is 11.1 Å². The molecule has 1 aromatic carbocycles. The molecule has 1 aromatic rings. The first-order valence-electron chi connectivity index (χ1n) is 7.25. The van der Waals surface area contributed by atoms with Gasteiger partial charge in [-0.15, -0.1) is 0 Å². The van der Waals surface area contributed by atoms with Crippen molar-refractivity contribution in [2.75, 3.05) is 26.2 Å². The molecule has 1 saturated heterocycles. The fourth-order valence-electron chi connectivity index (χ4n) is 2.66. The Bertz CT molecular complexity index is 498. The van der Waals surface area contributed by atoms with E-state index in [0.717, 1.165) is 24.9 Å². The predicted molar refractivity (Wildman–Crippen MR) is 81.5 cm³/mol. The Morgan fingerprint density at radius 1 is 1.52 bits per heavy atom. The zero-order valence-corrected chi connectivity index (χ0v) is 12.7. The number of hydrogen-bond donors (Lipinski definition) is 2. The number of carbonyl (C=O) groups is 1. The summed E-state index contributed by atoms with van der Waals surface area (Å²) in [6, 6.07) is 4.83. The quantitative estimate of drug-likeness (QED) is 0.871. The molecule has 21 heavy (non-hydrogen) atoms. The zero-order chi connectivity index (χ0) is 15.2. The molecular formula is C15H21ClFN3O. The first-order valence-corrected chi connectivity index (χ1v) is 7.62. The molecule has 1 aliphatic rings. The van der Waals surface area contributed by atoms with Gasteiger partial charge in [-0.2, -0.15) is 0 Å². The lowest BCUT2D eigenvalue weighted by Crippen LogP contribution is -2.43. The van der Waals surface area contributed by atoms with Crippen LogP contribution in [-0.4, -0.2) is 37.0 Å². The normalized spacial score (nSPS) is 19.5. The number of hydrogen-bond acceptors (Lipinski definition) is 3. The molecule has 1 aliphatic heterocycles. The van der Waals surface area contributed by atoms with E-state index in [1.807, 2.05) is 6.07 Å². The van der Waals surface area contributed by atoms with E-state index in [-0.39, 0.29) is 16.8 Å². The summed E-state index contributed by atoms with van der Waals surface area (Å²) >= 11 is 5.99. The summed E-state index contributed by atoms with van der Waals surface area (Å²) in [6.45, 7) is 3.08. The predicted octanol–water partition coefficient (Wildman–Crippen LogP) is 1.77. The van der Waals surface area contributed by atoms with Gasteiger partial charge in [0.2, 0.25) is 5.91 Å². The molecule has 4 nitrogen and oxygen atoms in total. The van der Waals surface area contributed by atoms with Crippen molar-refractivity contribution in [3.8, 4) is 0 Å². The Balaban J connectivity index is 1.95. The van der Waals surface area contributed by atoms with Crippen molar-refractivity contribution < 1.29 is 9.18 Å². The third kappa shape index (κ3) is 4.40. The number of nitrogens with one attached hydrogen (secondary N) is 1. The second-order valence-electron chi connectivity index (χ2n) is 5.37. The van der Waals surface area contributed by atoms with Crippen LogP contribution in [0.2, 0.25) is 5.02 Å². The molecule has 3 N–H and O–H groups in total. The third-order valence-corrected chi connectivity index (χ3v) is 4.17. The highest BCUT2D eigenvalue weighted by molar-refractivity contribution is 6.31. The number of benzene rings is 1. The van der Waals surface area contributed by atoms with Crippen LogP contribution in [0, 0.1) is 11.7 Å². The van der Waals surface area contributed by atoms with Crippen molar-refractivity contribution in [2.24, 2.45) is 11.7 Å². The number of carbonyl (C=O) groups excluding carboxylic acids is 1. The lowest BCUT2D eigenvalue weighted by atomic mass is 9.96. The standard InChI is InChI=1S/C15H21ClFN3O/c16-14-11(3-1-5-13(14)17)9-20-8-2-4-12(10-20)15(21)19-7-6-18/h1,3,5,12H,2,4,6-10,18H2,(H,19,21). The Labute approximate surface area is 129 Å². The maximum absolute atomic E-state index is 13.5. The van der Waals surface area contributed by atoms with E-state index in [1.165, 1.54) is 6.07 Å². The summed E-state index contributed by atoms with van der Waals surface area (Å²) in [5.41, 5.74) is 6.15. The molecule has 0 aliphatic carbocycles. The molecule has 0 saturated carbocycles. The number of nitrogens with two attached hydrogens (primary N) is 1. The average molecular weight is 314 g/mol. The summed E-state index contributed by atoms with van der Waals surface area (Å²) in [4.78, 5) is 14.1. The van der Waals surface area contributed by atoms with Gasteiger partial charge in [0.15, 0.2) is 0 Å². The zero-order valence-electron chi connectivity index (χ0n) is 11.9. The Hall–Kier alpha value is -1.17. The largest absolute Gasteiger partial charge is 0.355 e. The molecule has 0 bridgehead atoms. The number of likely N-dealkylation sites (tertiary alicyclic amines) is 1. The van der Waals surface area contributed by atoms with Crippen LogP contribution in [0.4, 0.5) is 4.39 Å². The molecule has 0 spiro atoms. The van der Waals surface area contributed by atoms with Crippen LogP contribution in [0.15, 0.2) is 18.2 Å². The van der Waals surface area contributed by atoms with Crippen molar-refractivity contribution in [3.63, 3.8) is 0 Å². The van der Waals surface area contributed by atoms with Crippen molar-refractivity contribution in [1.29, 1.82) is 0 Å². The molecular weight excluding hydrogens is 293 g/mol. The lowest BCUT2D eigenvalue weighted by Gasteiger charge is -2.32. The van der Waals surface area contributed by atoms with Gasteiger partial charge in [0.05, 0.1) is 10.9 Å². The first-order chi connectivity index (χ1) is 10.1. The molecule has 2 rings (SSSR count). The van der Waals surface area contributed by atoms with Gasteiger partial charge in [-0.05, 0) is 31.0 Å². The molecule has 1 amide bonds. The fraction of sp³-hybridized carbons (Fsp3) is 0.533. The molecule has 116 valence electrons. The third-order valence-electron chi connectivity index (χ3n) is 3.75. The number of amides is 1. The summed E-state index contributed by atoms with van der Waals surface area (Å²) in [6.07, 6.45) is 1.83. The topological polar surface area (TPSA) is 58.4 Å². The van der Waals surface area contributed by atoms with Gasteiger partial charge in [-0.1, -0.05) is 23.7 Å².